The van der Waals surface area contributed by atoms with Crippen LogP contribution in [0.2, 0.25) is 0 Å². The van der Waals surface area contributed by atoms with E-state index in [4.69, 9.17) is 19.9 Å². The quantitative estimate of drug-likeness (QED) is 0.661. The fourth-order valence-corrected chi connectivity index (χ4v) is 3.69. The number of rotatable bonds is 5. The first kappa shape index (κ1) is 18.8. The lowest BCUT2D eigenvalue weighted by Crippen LogP contribution is -2.43. The van der Waals surface area contributed by atoms with E-state index in [1.165, 1.54) is 0 Å². The number of nitrogens with zero attached hydrogens (tertiary/aromatic N) is 1. The Morgan fingerprint density at radius 1 is 1.06 bits per heavy atom. The molecule has 2 aliphatic rings. The predicted octanol–water partition coefficient (Wildman–Crippen LogP) is 3.05. The molecule has 3 aromatic rings. The van der Waals surface area contributed by atoms with Crippen molar-refractivity contribution in [2.45, 2.75) is 6.17 Å². The van der Waals surface area contributed by atoms with Crippen molar-refractivity contribution in [3.05, 3.63) is 77.9 Å². The minimum Gasteiger partial charge on any atom is -0.484 e. The molecule has 0 aliphatic carbocycles. The van der Waals surface area contributed by atoms with Gasteiger partial charge >= 0.3 is 0 Å². The van der Waals surface area contributed by atoms with Gasteiger partial charge in [0.05, 0.1) is 11.3 Å². The molecule has 3 N–H and O–H groups in total. The monoisotopic (exact) mass is 417 g/mol. The van der Waals surface area contributed by atoms with Crippen molar-refractivity contribution in [3.8, 4) is 17.2 Å². The zero-order chi connectivity index (χ0) is 21.4. The Kier molecular flexibility index (Phi) is 4.59. The second-order valence-electron chi connectivity index (χ2n) is 7.13. The largest absolute Gasteiger partial charge is 0.484 e. The number of carbonyl (C=O) groups is 2. The second kappa shape index (κ2) is 7.56. The lowest BCUT2D eigenvalue weighted by atomic mass is 10.0. The fourth-order valence-electron chi connectivity index (χ4n) is 3.69. The standard InChI is InChI=1S/C23H19N3O5/c24-21(27)12-29-16-8-5-14(6-9-16)22-25-18-4-2-1-3-17(18)23(28)26(22)15-7-10-19-20(11-15)31-13-30-19/h1-11,22,25H,12-13H2,(H2,24,27)/t22-/m1/s1. The highest BCUT2D eigenvalue weighted by Crippen LogP contribution is 2.41. The summed E-state index contributed by atoms with van der Waals surface area (Å²) < 4.78 is 16.2. The van der Waals surface area contributed by atoms with Crippen molar-refractivity contribution in [1.29, 1.82) is 0 Å². The number of amides is 2. The maximum Gasteiger partial charge on any atom is 0.262 e. The summed E-state index contributed by atoms with van der Waals surface area (Å²) in [6, 6.07) is 20.0. The Bertz CT molecular complexity index is 1160. The van der Waals surface area contributed by atoms with Crippen molar-refractivity contribution >= 4 is 23.2 Å². The van der Waals surface area contributed by atoms with Crippen molar-refractivity contribution in [3.63, 3.8) is 0 Å². The van der Waals surface area contributed by atoms with Crippen LogP contribution in [0.4, 0.5) is 11.4 Å². The van der Waals surface area contributed by atoms with Crippen molar-refractivity contribution < 1.29 is 23.8 Å². The predicted molar refractivity (Wildman–Crippen MR) is 113 cm³/mol. The molecule has 5 rings (SSSR count). The minimum absolute atomic E-state index is 0.132. The van der Waals surface area contributed by atoms with E-state index in [9.17, 15) is 9.59 Å². The minimum atomic E-state index is -0.547. The van der Waals surface area contributed by atoms with Gasteiger partial charge in [0.25, 0.3) is 11.8 Å². The van der Waals surface area contributed by atoms with Gasteiger partial charge in [-0.2, -0.15) is 0 Å². The van der Waals surface area contributed by atoms with Gasteiger partial charge in [0.2, 0.25) is 6.79 Å². The number of primary amides is 1. The molecule has 0 unspecified atom stereocenters. The van der Waals surface area contributed by atoms with Crippen molar-refractivity contribution in [1.82, 2.24) is 0 Å². The number of benzene rings is 3. The molecule has 0 aromatic heterocycles. The first-order valence-electron chi connectivity index (χ1n) is 9.70. The SMILES string of the molecule is NC(=O)COc1ccc([C@@H]2Nc3ccccc3C(=O)N2c2ccc3c(c2)OCO3)cc1. The lowest BCUT2D eigenvalue weighted by molar-refractivity contribution is -0.119. The molecule has 0 saturated heterocycles. The van der Waals surface area contributed by atoms with Gasteiger partial charge in [0.1, 0.15) is 11.9 Å². The number of fused-ring (bicyclic) bond motifs is 2. The number of anilines is 2. The summed E-state index contributed by atoms with van der Waals surface area (Å²) in [7, 11) is 0. The summed E-state index contributed by atoms with van der Waals surface area (Å²) in [6.45, 7) is -0.0415. The Morgan fingerprint density at radius 3 is 2.65 bits per heavy atom. The highest BCUT2D eigenvalue weighted by atomic mass is 16.7. The number of nitrogens with two attached hydrogens (primary N) is 1. The van der Waals surface area contributed by atoms with E-state index in [1.807, 2.05) is 36.4 Å². The Hall–Kier alpha value is -4.20. The van der Waals surface area contributed by atoms with Gasteiger partial charge in [-0.05, 0) is 42.0 Å². The summed E-state index contributed by atoms with van der Waals surface area (Å²) in [5.41, 5.74) is 7.98. The molecule has 0 bridgehead atoms. The van der Waals surface area contributed by atoms with Crippen LogP contribution in [0.15, 0.2) is 66.7 Å². The summed E-state index contributed by atoms with van der Waals surface area (Å²) in [4.78, 5) is 26.1. The van der Waals surface area contributed by atoms with Gasteiger partial charge in [-0.3, -0.25) is 14.5 Å². The normalized spacial score (nSPS) is 16.5. The maximum absolute atomic E-state index is 13.5. The van der Waals surface area contributed by atoms with Crippen LogP contribution in [0.3, 0.4) is 0 Å². The molecule has 0 saturated carbocycles. The third-order valence-corrected chi connectivity index (χ3v) is 5.14. The molecule has 31 heavy (non-hydrogen) atoms. The molecule has 2 aliphatic heterocycles. The Labute approximate surface area is 178 Å². The van der Waals surface area contributed by atoms with E-state index >= 15 is 0 Å². The van der Waals surface area contributed by atoms with E-state index in [2.05, 4.69) is 5.32 Å². The second-order valence-corrected chi connectivity index (χ2v) is 7.13. The molecule has 2 heterocycles. The van der Waals surface area contributed by atoms with Crippen LogP contribution in [0.25, 0.3) is 0 Å². The van der Waals surface area contributed by atoms with E-state index in [0.29, 0.717) is 28.5 Å². The van der Waals surface area contributed by atoms with Crippen LogP contribution in [0, 0.1) is 0 Å². The summed E-state index contributed by atoms with van der Waals surface area (Å²) in [5, 5.41) is 3.45. The van der Waals surface area contributed by atoms with Gasteiger partial charge in [0.15, 0.2) is 18.1 Å². The topological polar surface area (TPSA) is 103 Å². The van der Waals surface area contributed by atoms with E-state index < -0.39 is 12.1 Å². The fraction of sp³-hybridized carbons (Fsp3) is 0.130. The molecule has 8 heteroatoms. The van der Waals surface area contributed by atoms with Crippen LogP contribution >= 0.6 is 0 Å². The average molecular weight is 417 g/mol. The number of carbonyl (C=O) groups excluding carboxylic acids is 2. The third kappa shape index (κ3) is 3.48. The molecule has 0 fully saturated rings. The van der Waals surface area contributed by atoms with Gasteiger partial charge < -0.3 is 25.3 Å². The number of para-hydroxylation sites is 1. The lowest BCUT2D eigenvalue weighted by Gasteiger charge is -2.38. The summed E-state index contributed by atoms with van der Waals surface area (Å²) in [6.07, 6.45) is -0.465. The van der Waals surface area contributed by atoms with Gasteiger partial charge in [-0.15, -0.1) is 0 Å². The van der Waals surface area contributed by atoms with Gasteiger partial charge in [0, 0.05) is 11.8 Å². The zero-order valence-electron chi connectivity index (χ0n) is 16.4. The van der Waals surface area contributed by atoms with Crippen LogP contribution in [0.1, 0.15) is 22.1 Å². The first-order valence-corrected chi connectivity index (χ1v) is 9.70. The van der Waals surface area contributed by atoms with Crippen LogP contribution < -0.4 is 30.2 Å². The van der Waals surface area contributed by atoms with Crippen molar-refractivity contribution in [2.24, 2.45) is 5.73 Å². The van der Waals surface area contributed by atoms with Crippen molar-refractivity contribution in [2.75, 3.05) is 23.6 Å². The Balaban J connectivity index is 1.53. The van der Waals surface area contributed by atoms with Gasteiger partial charge in [-0.25, -0.2) is 0 Å². The smallest absolute Gasteiger partial charge is 0.262 e. The van der Waals surface area contributed by atoms with Crippen LogP contribution in [-0.4, -0.2) is 25.2 Å². The molecule has 3 aromatic carbocycles. The molecule has 0 radical (unpaired) electrons. The molecule has 0 spiro atoms. The highest BCUT2D eigenvalue weighted by Gasteiger charge is 2.34. The third-order valence-electron chi connectivity index (χ3n) is 5.14. The van der Waals surface area contributed by atoms with E-state index in [-0.39, 0.29) is 19.3 Å². The number of hydrogen-bond acceptors (Lipinski definition) is 6. The Morgan fingerprint density at radius 2 is 1.84 bits per heavy atom. The number of ether oxygens (including phenoxy) is 3. The highest BCUT2D eigenvalue weighted by molar-refractivity contribution is 6.12. The molecule has 2 amide bonds. The summed E-state index contributed by atoms with van der Waals surface area (Å²) >= 11 is 0. The van der Waals surface area contributed by atoms with Crippen LogP contribution in [0.5, 0.6) is 17.2 Å². The first-order chi connectivity index (χ1) is 15.1. The average Bonchev–Trinajstić information content (AvgIpc) is 3.26. The zero-order valence-corrected chi connectivity index (χ0v) is 16.4. The molecule has 1 atom stereocenters. The summed E-state index contributed by atoms with van der Waals surface area (Å²) in [5.74, 6) is 1.08. The molecule has 8 nitrogen and oxygen atoms in total. The van der Waals surface area contributed by atoms with Crippen LogP contribution in [-0.2, 0) is 4.79 Å². The number of hydrogen-bond donors (Lipinski definition) is 2. The molecular formula is C23H19N3O5. The van der Waals surface area contributed by atoms with E-state index in [0.717, 1.165) is 11.3 Å². The molecular weight excluding hydrogens is 398 g/mol. The number of nitrogens with one attached hydrogen (secondary N) is 1. The molecule has 156 valence electrons. The van der Waals surface area contributed by atoms with E-state index in [1.54, 1.807) is 35.2 Å². The maximum atomic E-state index is 13.5. The van der Waals surface area contributed by atoms with Gasteiger partial charge in [-0.1, -0.05) is 24.3 Å².